The molecule has 0 bridgehead atoms. The summed E-state index contributed by atoms with van der Waals surface area (Å²) < 4.78 is 5.42. The predicted octanol–water partition coefficient (Wildman–Crippen LogP) is 1.50. The second kappa shape index (κ2) is 7.41. The molecule has 2 N–H and O–H groups in total. The van der Waals surface area contributed by atoms with Crippen LogP contribution in [-0.2, 0) is 9.53 Å². The van der Waals surface area contributed by atoms with E-state index in [1.165, 1.54) is 6.20 Å². The fraction of sp³-hybridized carbons (Fsp3) is 0.400. The molecule has 0 aliphatic carbocycles. The summed E-state index contributed by atoms with van der Waals surface area (Å²) in [6.07, 6.45) is 5.03. The first-order valence-corrected chi connectivity index (χ1v) is 6.89. The van der Waals surface area contributed by atoms with Gasteiger partial charge in [-0.25, -0.2) is 4.98 Å². The van der Waals surface area contributed by atoms with Gasteiger partial charge >= 0.3 is 0 Å². The quantitative estimate of drug-likeness (QED) is 0.633. The number of aryl methyl sites for hydroxylation is 1. The molecule has 2 rings (SSSR count). The van der Waals surface area contributed by atoms with Crippen molar-refractivity contribution in [3.8, 4) is 6.07 Å². The number of nitriles is 1. The van der Waals surface area contributed by atoms with E-state index in [0.717, 1.165) is 25.0 Å². The smallest absolute Gasteiger partial charge is 0.263 e. The number of amides is 1. The lowest BCUT2D eigenvalue weighted by Crippen LogP contribution is -2.32. The SMILES string of the molecule is Cc1cccnc1N/C=C(/C#N)C(=O)NCC1CCCO1. The van der Waals surface area contributed by atoms with Gasteiger partial charge in [0.1, 0.15) is 17.5 Å². The fourth-order valence-electron chi connectivity index (χ4n) is 2.03. The average Bonchev–Trinajstić information content (AvgIpc) is 3.01. The predicted molar refractivity (Wildman–Crippen MR) is 78.3 cm³/mol. The van der Waals surface area contributed by atoms with Crippen LogP contribution < -0.4 is 10.6 Å². The van der Waals surface area contributed by atoms with Gasteiger partial charge in [-0.2, -0.15) is 5.26 Å². The van der Waals surface area contributed by atoms with Crippen LogP contribution in [0.3, 0.4) is 0 Å². The maximum atomic E-state index is 11.9. The van der Waals surface area contributed by atoms with Crippen molar-refractivity contribution in [1.29, 1.82) is 5.26 Å². The summed E-state index contributed by atoms with van der Waals surface area (Å²) in [6.45, 7) is 3.06. The summed E-state index contributed by atoms with van der Waals surface area (Å²) in [5.74, 6) is 0.214. The molecule has 6 heteroatoms. The van der Waals surface area contributed by atoms with E-state index in [0.29, 0.717) is 12.4 Å². The number of anilines is 1. The number of carbonyl (C=O) groups is 1. The maximum Gasteiger partial charge on any atom is 0.263 e. The van der Waals surface area contributed by atoms with Crippen molar-refractivity contribution in [3.63, 3.8) is 0 Å². The van der Waals surface area contributed by atoms with Crippen molar-refractivity contribution in [2.75, 3.05) is 18.5 Å². The highest BCUT2D eigenvalue weighted by Crippen LogP contribution is 2.11. The maximum absolute atomic E-state index is 11.9. The minimum absolute atomic E-state index is 0.0121. The lowest BCUT2D eigenvalue weighted by molar-refractivity contribution is -0.117. The third-order valence-corrected chi connectivity index (χ3v) is 3.24. The number of nitrogens with zero attached hydrogens (tertiary/aromatic N) is 2. The Balaban J connectivity index is 1.92. The number of ether oxygens (including phenoxy) is 1. The molecule has 1 aliphatic rings. The number of hydrogen-bond acceptors (Lipinski definition) is 5. The molecule has 1 unspecified atom stereocenters. The van der Waals surface area contributed by atoms with Gasteiger partial charge in [0.25, 0.3) is 5.91 Å². The van der Waals surface area contributed by atoms with E-state index < -0.39 is 5.91 Å². The van der Waals surface area contributed by atoms with Crippen LogP contribution in [0.2, 0.25) is 0 Å². The summed E-state index contributed by atoms with van der Waals surface area (Å²) in [5, 5.41) is 14.7. The molecule has 1 amide bonds. The van der Waals surface area contributed by atoms with Crippen molar-refractivity contribution < 1.29 is 9.53 Å². The van der Waals surface area contributed by atoms with Gasteiger partial charge in [0, 0.05) is 25.5 Å². The molecule has 0 aromatic carbocycles. The van der Waals surface area contributed by atoms with Gasteiger partial charge in [0.15, 0.2) is 0 Å². The Bertz CT molecular complexity index is 571. The second-order valence-corrected chi connectivity index (χ2v) is 4.83. The zero-order valence-electron chi connectivity index (χ0n) is 11.9. The van der Waals surface area contributed by atoms with E-state index >= 15 is 0 Å². The topological polar surface area (TPSA) is 87.0 Å². The van der Waals surface area contributed by atoms with Crippen LogP contribution in [0.1, 0.15) is 18.4 Å². The van der Waals surface area contributed by atoms with Gasteiger partial charge in [0.2, 0.25) is 0 Å². The number of rotatable bonds is 5. The summed E-state index contributed by atoms with van der Waals surface area (Å²) in [4.78, 5) is 16.1. The Hall–Kier alpha value is -2.39. The van der Waals surface area contributed by atoms with Gasteiger partial charge in [-0.3, -0.25) is 4.79 Å². The molecule has 2 heterocycles. The van der Waals surface area contributed by atoms with Gasteiger partial charge < -0.3 is 15.4 Å². The number of hydrogen-bond donors (Lipinski definition) is 2. The van der Waals surface area contributed by atoms with Crippen molar-refractivity contribution in [2.24, 2.45) is 0 Å². The Kier molecular flexibility index (Phi) is 5.29. The van der Waals surface area contributed by atoms with Crippen LogP contribution in [-0.4, -0.2) is 30.1 Å². The third kappa shape index (κ3) is 4.29. The Morgan fingerprint density at radius 2 is 2.52 bits per heavy atom. The molecule has 1 saturated heterocycles. The Morgan fingerprint density at radius 3 is 3.19 bits per heavy atom. The molecule has 0 saturated carbocycles. The molecule has 1 aromatic rings. The lowest BCUT2D eigenvalue weighted by atomic mass is 10.2. The molecule has 1 atom stereocenters. The van der Waals surface area contributed by atoms with Crippen LogP contribution in [0.25, 0.3) is 0 Å². The van der Waals surface area contributed by atoms with Crippen molar-refractivity contribution in [1.82, 2.24) is 10.3 Å². The minimum atomic E-state index is -0.408. The highest BCUT2D eigenvalue weighted by Gasteiger charge is 2.17. The summed E-state index contributed by atoms with van der Waals surface area (Å²) in [7, 11) is 0. The molecule has 1 fully saturated rings. The van der Waals surface area contributed by atoms with Crippen molar-refractivity contribution >= 4 is 11.7 Å². The number of carbonyl (C=O) groups excluding carboxylic acids is 1. The van der Waals surface area contributed by atoms with E-state index in [-0.39, 0.29) is 11.7 Å². The van der Waals surface area contributed by atoms with Crippen LogP contribution in [0.15, 0.2) is 30.1 Å². The zero-order chi connectivity index (χ0) is 15.1. The van der Waals surface area contributed by atoms with Crippen molar-refractivity contribution in [3.05, 3.63) is 35.7 Å². The normalized spacial score (nSPS) is 18.1. The summed E-state index contributed by atoms with van der Waals surface area (Å²) >= 11 is 0. The van der Waals surface area contributed by atoms with Gasteiger partial charge in [-0.15, -0.1) is 0 Å². The average molecular weight is 286 g/mol. The lowest BCUT2D eigenvalue weighted by Gasteiger charge is -2.10. The molecule has 0 radical (unpaired) electrons. The highest BCUT2D eigenvalue weighted by atomic mass is 16.5. The molecule has 110 valence electrons. The van der Waals surface area contributed by atoms with E-state index in [1.807, 2.05) is 25.1 Å². The van der Waals surface area contributed by atoms with E-state index in [1.54, 1.807) is 6.20 Å². The molecular weight excluding hydrogens is 268 g/mol. The number of pyridine rings is 1. The summed E-state index contributed by atoms with van der Waals surface area (Å²) in [6, 6.07) is 5.60. The number of nitrogens with one attached hydrogen (secondary N) is 2. The van der Waals surface area contributed by atoms with Gasteiger partial charge in [0.05, 0.1) is 6.10 Å². The van der Waals surface area contributed by atoms with Crippen LogP contribution in [0, 0.1) is 18.3 Å². The monoisotopic (exact) mass is 286 g/mol. The molecule has 1 aliphatic heterocycles. The van der Waals surface area contributed by atoms with Crippen LogP contribution in [0.5, 0.6) is 0 Å². The largest absolute Gasteiger partial charge is 0.376 e. The summed E-state index contributed by atoms with van der Waals surface area (Å²) in [5.41, 5.74) is 0.948. The van der Waals surface area contributed by atoms with Gasteiger partial charge in [-0.05, 0) is 31.4 Å². The zero-order valence-corrected chi connectivity index (χ0v) is 11.9. The molecule has 21 heavy (non-hydrogen) atoms. The van der Waals surface area contributed by atoms with Gasteiger partial charge in [-0.1, -0.05) is 6.07 Å². The Morgan fingerprint density at radius 1 is 1.67 bits per heavy atom. The first kappa shape index (κ1) is 15.0. The Labute approximate surface area is 123 Å². The first-order chi connectivity index (χ1) is 10.2. The minimum Gasteiger partial charge on any atom is -0.376 e. The van der Waals surface area contributed by atoms with Crippen LogP contribution >= 0.6 is 0 Å². The molecular formula is C15H18N4O2. The third-order valence-electron chi connectivity index (χ3n) is 3.24. The van der Waals surface area contributed by atoms with E-state index in [9.17, 15) is 4.79 Å². The van der Waals surface area contributed by atoms with Crippen molar-refractivity contribution in [2.45, 2.75) is 25.9 Å². The fourth-order valence-corrected chi connectivity index (χ4v) is 2.03. The first-order valence-electron chi connectivity index (χ1n) is 6.89. The van der Waals surface area contributed by atoms with E-state index in [4.69, 9.17) is 10.00 Å². The van der Waals surface area contributed by atoms with E-state index in [2.05, 4.69) is 15.6 Å². The molecule has 0 spiro atoms. The van der Waals surface area contributed by atoms with Crippen LogP contribution in [0.4, 0.5) is 5.82 Å². The molecule has 1 aromatic heterocycles. The highest BCUT2D eigenvalue weighted by molar-refractivity contribution is 5.97. The second-order valence-electron chi connectivity index (χ2n) is 4.83. The number of aromatic nitrogens is 1. The molecule has 6 nitrogen and oxygen atoms in total. The standard InChI is InChI=1S/C15H18N4O2/c1-11-4-2-6-17-14(11)18-9-12(8-16)15(20)19-10-13-5-3-7-21-13/h2,4,6,9,13H,3,5,7,10H2,1H3,(H,17,18)(H,19,20)/b12-9-.